The van der Waals surface area contributed by atoms with Crippen molar-refractivity contribution < 1.29 is 13.2 Å². The van der Waals surface area contributed by atoms with Crippen molar-refractivity contribution in [3.05, 3.63) is 33.3 Å². The second kappa shape index (κ2) is 6.02. The molecular weight excluding hydrogens is 343 g/mol. The van der Waals surface area contributed by atoms with Crippen molar-refractivity contribution in [2.45, 2.75) is 38.0 Å². The Balaban J connectivity index is 2.15. The SMILES string of the molecule is FC(F)(F)C1CCCCN1Cc1ccc(Cl)cc1Br. The highest BCUT2D eigenvalue weighted by molar-refractivity contribution is 9.10. The van der Waals surface area contributed by atoms with Crippen molar-refractivity contribution in [1.29, 1.82) is 0 Å². The van der Waals surface area contributed by atoms with Gasteiger partial charge in [-0.2, -0.15) is 13.2 Å². The van der Waals surface area contributed by atoms with Gasteiger partial charge in [0, 0.05) is 16.0 Å². The molecule has 1 saturated heterocycles. The Morgan fingerprint density at radius 3 is 2.68 bits per heavy atom. The molecule has 1 fully saturated rings. The van der Waals surface area contributed by atoms with E-state index in [4.69, 9.17) is 11.6 Å². The highest BCUT2D eigenvalue weighted by Gasteiger charge is 2.44. The molecule has 2 rings (SSSR count). The van der Waals surface area contributed by atoms with Gasteiger partial charge in [-0.3, -0.25) is 4.90 Å². The summed E-state index contributed by atoms with van der Waals surface area (Å²) in [6.45, 7) is 0.779. The number of halogens is 5. The van der Waals surface area contributed by atoms with Crippen LogP contribution >= 0.6 is 27.5 Å². The highest BCUT2D eigenvalue weighted by atomic mass is 79.9. The van der Waals surface area contributed by atoms with Gasteiger partial charge in [0.25, 0.3) is 0 Å². The Morgan fingerprint density at radius 1 is 1.32 bits per heavy atom. The van der Waals surface area contributed by atoms with E-state index in [0.717, 1.165) is 16.5 Å². The first kappa shape index (κ1) is 15.1. The zero-order valence-corrected chi connectivity index (χ0v) is 12.5. The zero-order valence-electron chi connectivity index (χ0n) is 10.2. The van der Waals surface area contributed by atoms with Crippen LogP contribution in [0.2, 0.25) is 5.02 Å². The van der Waals surface area contributed by atoms with E-state index in [2.05, 4.69) is 15.9 Å². The molecule has 106 valence electrons. The minimum Gasteiger partial charge on any atom is -0.288 e. The molecule has 6 heteroatoms. The van der Waals surface area contributed by atoms with Gasteiger partial charge >= 0.3 is 6.18 Å². The Bertz CT molecular complexity index is 450. The summed E-state index contributed by atoms with van der Waals surface area (Å²) < 4.78 is 39.7. The number of benzene rings is 1. The first-order chi connectivity index (χ1) is 8.88. The number of alkyl halides is 3. The van der Waals surface area contributed by atoms with Gasteiger partial charge in [0.05, 0.1) is 0 Å². The average Bonchev–Trinajstić information content (AvgIpc) is 2.32. The zero-order chi connectivity index (χ0) is 14.0. The van der Waals surface area contributed by atoms with Crippen LogP contribution in [0.15, 0.2) is 22.7 Å². The van der Waals surface area contributed by atoms with E-state index in [1.54, 1.807) is 18.2 Å². The summed E-state index contributed by atoms with van der Waals surface area (Å²) in [4.78, 5) is 1.51. The number of piperidine rings is 1. The van der Waals surface area contributed by atoms with E-state index < -0.39 is 12.2 Å². The van der Waals surface area contributed by atoms with E-state index in [1.807, 2.05) is 0 Å². The molecule has 1 aromatic rings. The highest BCUT2D eigenvalue weighted by Crippen LogP contribution is 2.33. The molecule has 0 aliphatic carbocycles. The maximum atomic E-state index is 13.0. The van der Waals surface area contributed by atoms with Gasteiger partial charge in [0.15, 0.2) is 0 Å². The van der Waals surface area contributed by atoms with Gasteiger partial charge in [-0.05, 0) is 37.1 Å². The topological polar surface area (TPSA) is 3.24 Å². The fourth-order valence-electron chi connectivity index (χ4n) is 2.42. The van der Waals surface area contributed by atoms with Crippen molar-refractivity contribution in [2.24, 2.45) is 0 Å². The minimum absolute atomic E-state index is 0.189. The molecule has 1 aliphatic heterocycles. The third kappa shape index (κ3) is 3.86. The summed E-state index contributed by atoms with van der Waals surface area (Å²) in [6, 6.07) is 3.86. The molecule has 1 aromatic carbocycles. The van der Waals surface area contributed by atoms with Crippen LogP contribution in [0.5, 0.6) is 0 Å². The Kier molecular flexibility index (Phi) is 4.79. The van der Waals surface area contributed by atoms with Gasteiger partial charge in [0.1, 0.15) is 6.04 Å². The fourth-order valence-corrected chi connectivity index (χ4v) is 3.23. The molecule has 19 heavy (non-hydrogen) atoms. The maximum absolute atomic E-state index is 13.0. The molecule has 1 unspecified atom stereocenters. The monoisotopic (exact) mass is 355 g/mol. The summed E-state index contributed by atoms with van der Waals surface area (Å²) in [5.41, 5.74) is 0.834. The Labute approximate surface area is 123 Å². The quantitative estimate of drug-likeness (QED) is 0.719. The molecule has 0 aromatic heterocycles. The van der Waals surface area contributed by atoms with E-state index in [1.165, 1.54) is 4.90 Å². The van der Waals surface area contributed by atoms with Crippen molar-refractivity contribution in [3.8, 4) is 0 Å². The first-order valence-electron chi connectivity index (χ1n) is 6.12. The largest absolute Gasteiger partial charge is 0.404 e. The molecule has 1 heterocycles. The van der Waals surface area contributed by atoms with Gasteiger partial charge < -0.3 is 0 Å². The summed E-state index contributed by atoms with van der Waals surface area (Å²) in [5.74, 6) is 0. The number of hydrogen-bond acceptors (Lipinski definition) is 1. The van der Waals surface area contributed by atoms with Gasteiger partial charge in [-0.1, -0.05) is 40.0 Å². The number of nitrogens with zero attached hydrogens (tertiary/aromatic N) is 1. The number of likely N-dealkylation sites (tertiary alicyclic amines) is 1. The third-order valence-electron chi connectivity index (χ3n) is 3.38. The maximum Gasteiger partial charge on any atom is 0.404 e. The van der Waals surface area contributed by atoms with Crippen molar-refractivity contribution >= 4 is 27.5 Å². The molecule has 1 nitrogen and oxygen atoms in total. The number of hydrogen-bond donors (Lipinski definition) is 0. The first-order valence-corrected chi connectivity index (χ1v) is 7.30. The predicted molar refractivity (Wildman–Crippen MR) is 73.3 cm³/mol. The second-order valence-electron chi connectivity index (χ2n) is 4.76. The Hall–Kier alpha value is -0.260. The van der Waals surface area contributed by atoms with E-state index in [9.17, 15) is 13.2 Å². The molecule has 0 bridgehead atoms. The summed E-state index contributed by atoms with van der Waals surface area (Å²) >= 11 is 9.19. The van der Waals surface area contributed by atoms with Gasteiger partial charge in [-0.15, -0.1) is 0 Å². The molecule has 1 aliphatic rings. The summed E-state index contributed by atoms with van der Waals surface area (Å²) in [5, 5.41) is 0.571. The lowest BCUT2D eigenvalue weighted by atomic mass is 10.0. The minimum atomic E-state index is -4.15. The summed E-state index contributed by atoms with van der Waals surface area (Å²) in [6.07, 6.45) is -2.51. The molecular formula is C13H14BrClF3N. The van der Waals surface area contributed by atoms with E-state index in [-0.39, 0.29) is 6.42 Å². The van der Waals surface area contributed by atoms with Gasteiger partial charge in [-0.25, -0.2) is 0 Å². The molecule has 0 amide bonds. The smallest absolute Gasteiger partial charge is 0.288 e. The van der Waals surface area contributed by atoms with Crippen LogP contribution in [0.1, 0.15) is 24.8 Å². The van der Waals surface area contributed by atoms with Crippen molar-refractivity contribution in [2.75, 3.05) is 6.54 Å². The second-order valence-corrected chi connectivity index (χ2v) is 6.05. The molecule has 0 saturated carbocycles. The van der Waals surface area contributed by atoms with Crippen LogP contribution in [-0.4, -0.2) is 23.7 Å². The van der Waals surface area contributed by atoms with Crippen molar-refractivity contribution in [1.82, 2.24) is 4.90 Å². The number of rotatable bonds is 2. The van der Waals surface area contributed by atoms with E-state index >= 15 is 0 Å². The molecule has 1 atom stereocenters. The third-order valence-corrected chi connectivity index (χ3v) is 4.35. The van der Waals surface area contributed by atoms with Crippen LogP contribution < -0.4 is 0 Å². The Morgan fingerprint density at radius 2 is 2.05 bits per heavy atom. The van der Waals surface area contributed by atoms with Crippen LogP contribution in [-0.2, 0) is 6.54 Å². The lowest BCUT2D eigenvalue weighted by Crippen LogP contribution is -2.48. The average molecular weight is 357 g/mol. The molecule has 0 spiro atoms. The standard InChI is InChI=1S/C13H14BrClF3N/c14-11-7-10(15)5-4-9(11)8-19-6-2-1-3-12(19)13(16,17)18/h4-5,7,12H,1-3,6,8H2. The van der Waals surface area contributed by atoms with Crippen LogP contribution in [0, 0.1) is 0 Å². The lowest BCUT2D eigenvalue weighted by Gasteiger charge is -2.36. The lowest BCUT2D eigenvalue weighted by molar-refractivity contribution is -0.192. The normalized spacial score (nSPS) is 21.6. The van der Waals surface area contributed by atoms with E-state index in [0.29, 0.717) is 24.5 Å². The van der Waals surface area contributed by atoms with Gasteiger partial charge in [0.2, 0.25) is 0 Å². The molecule has 0 N–H and O–H groups in total. The van der Waals surface area contributed by atoms with Crippen molar-refractivity contribution in [3.63, 3.8) is 0 Å². The van der Waals surface area contributed by atoms with Crippen LogP contribution in [0.4, 0.5) is 13.2 Å². The predicted octanol–water partition coefficient (Wildman–Crippen LogP) is 5.02. The molecule has 0 radical (unpaired) electrons. The summed E-state index contributed by atoms with van der Waals surface area (Å²) in [7, 11) is 0. The fraction of sp³-hybridized carbons (Fsp3) is 0.538. The van der Waals surface area contributed by atoms with Crippen LogP contribution in [0.25, 0.3) is 0 Å². The van der Waals surface area contributed by atoms with Crippen LogP contribution in [0.3, 0.4) is 0 Å².